The SMILES string of the molecule is C#Cc1cccc(NC(=O)CNC(=NC)NC(C)(C)C)c1.I. The smallest absolute Gasteiger partial charge is 0.243 e. The van der Waals surface area contributed by atoms with Crippen LogP contribution in [0.3, 0.4) is 0 Å². The summed E-state index contributed by atoms with van der Waals surface area (Å²) in [6, 6.07) is 7.16. The van der Waals surface area contributed by atoms with E-state index < -0.39 is 0 Å². The van der Waals surface area contributed by atoms with Crippen LogP contribution in [0.2, 0.25) is 0 Å². The number of amides is 1. The summed E-state index contributed by atoms with van der Waals surface area (Å²) in [7, 11) is 1.66. The number of aliphatic imine (C=N–C) groups is 1. The molecule has 1 aromatic carbocycles. The van der Waals surface area contributed by atoms with E-state index in [1.165, 1.54) is 0 Å². The highest BCUT2D eigenvalue weighted by atomic mass is 127. The van der Waals surface area contributed by atoms with Crippen molar-refractivity contribution in [3.63, 3.8) is 0 Å². The fraction of sp³-hybridized carbons (Fsp3) is 0.375. The summed E-state index contributed by atoms with van der Waals surface area (Å²) in [6.07, 6.45) is 5.33. The van der Waals surface area contributed by atoms with Crippen LogP contribution in [-0.2, 0) is 4.79 Å². The Labute approximate surface area is 149 Å². The molecule has 1 aromatic rings. The summed E-state index contributed by atoms with van der Waals surface area (Å²) in [5.41, 5.74) is 1.28. The molecule has 0 bridgehead atoms. The molecule has 3 N–H and O–H groups in total. The molecule has 0 saturated carbocycles. The Hall–Kier alpha value is -1.75. The van der Waals surface area contributed by atoms with E-state index in [9.17, 15) is 4.79 Å². The molecule has 0 aromatic heterocycles. The predicted octanol–water partition coefficient (Wildman–Crippen LogP) is 2.19. The molecule has 22 heavy (non-hydrogen) atoms. The van der Waals surface area contributed by atoms with Crippen LogP contribution >= 0.6 is 24.0 Å². The number of hydrogen-bond acceptors (Lipinski definition) is 2. The fourth-order valence-corrected chi connectivity index (χ4v) is 1.59. The van der Waals surface area contributed by atoms with Crippen molar-refractivity contribution >= 4 is 41.5 Å². The van der Waals surface area contributed by atoms with Gasteiger partial charge >= 0.3 is 0 Å². The van der Waals surface area contributed by atoms with Crippen LogP contribution in [-0.4, -0.2) is 31.0 Å². The number of hydrogen-bond donors (Lipinski definition) is 3. The summed E-state index contributed by atoms with van der Waals surface area (Å²) in [5, 5.41) is 8.92. The first kappa shape index (κ1) is 20.2. The lowest BCUT2D eigenvalue weighted by Crippen LogP contribution is -2.49. The van der Waals surface area contributed by atoms with E-state index in [-0.39, 0.29) is 42.0 Å². The number of carbonyl (C=O) groups is 1. The van der Waals surface area contributed by atoms with Gasteiger partial charge in [0.15, 0.2) is 5.96 Å². The molecule has 6 heteroatoms. The van der Waals surface area contributed by atoms with Gasteiger partial charge in [0, 0.05) is 23.8 Å². The quantitative estimate of drug-likeness (QED) is 0.308. The zero-order valence-corrected chi connectivity index (χ0v) is 15.7. The summed E-state index contributed by atoms with van der Waals surface area (Å²) in [6.45, 7) is 6.18. The molecule has 0 fully saturated rings. The lowest BCUT2D eigenvalue weighted by molar-refractivity contribution is -0.115. The van der Waals surface area contributed by atoms with E-state index in [4.69, 9.17) is 6.42 Å². The molecular weight excluding hydrogens is 391 g/mol. The Morgan fingerprint density at radius 1 is 1.36 bits per heavy atom. The molecule has 0 spiro atoms. The summed E-state index contributed by atoms with van der Waals surface area (Å²) in [4.78, 5) is 16.0. The zero-order chi connectivity index (χ0) is 15.9. The maximum absolute atomic E-state index is 11.9. The number of anilines is 1. The molecule has 0 radical (unpaired) electrons. The summed E-state index contributed by atoms with van der Waals surface area (Å²) >= 11 is 0. The van der Waals surface area contributed by atoms with E-state index in [2.05, 4.69) is 26.9 Å². The van der Waals surface area contributed by atoms with Crippen molar-refractivity contribution in [2.75, 3.05) is 18.9 Å². The van der Waals surface area contributed by atoms with Crippen LogP contribution in [0.5, 0.6) is 0 Å². The second-order valence-corrected chi connectivity index (χ2v) is 5.57. The first-order chi connectivity index (χ1) is 9.84. The van der Waals surface area contributed by atoms with Crippen LogP contribution in [0.1, 0.15) is 26.3 Å². The number of nitrogens with zero attached hydrogens (tertiary/aromatic N) is 1. The maximum Gasteiger partial charge on any atom is 0.243 e. The molecule has 0 atom stereocenters. The number of rotatable bonds is 3. The van der Waals surface area contributed by atoms with Gasteiger partial charge in [-0.15, -0.1) is 30.4 Å². The van der Waals surface area contributed by atoms with Crippen LogP contribution in [0.25, 0.3) is 0 Å². The Bertz CT molecular complexity index is 570. The number of guanidine groups is 1. The fourth-order valence-electron chi connectivity index (χ4n) is 1.59. The first-order valence-electron chi connectivity index (χ1n) is 6.69. The molecule has 0 aliphatic heterocycles. The number of nitrogens with one attached hydrogen (secondary N) is 3. The van der Waals surface area contributed by atoms with Crippen molar-refractivity contribution in [2.45, 2.75) is 26.3 Å². The third kappa shape index (κ3) is 7.88. The van der Waals surface area contributed by atoms with Crippen molar-refractivity contribution in [1.29, 1.82) is 0 Å². The third-order valence-electron chi connectivity index (χ3n) is 2.45. The highest BCUT2D eigenvalue weighted by molar-refractivity contribution is 14.0. The predicted molar refractivity (Wildman–Crippen MR) is 103 cm³/mol. The number of halogens is 1. The molecule has 0 aliphatic carbocycles. The molecule has 0 aliphatic rings. The standard InChI is InChI=1S/C16H22N4O.HI/c1-6-12-8-7-9-13(10-12)19-14(21)11-18-15(17-5)20-16(2,3)4;/h1,7-10H,11H2,2-5H3,(H,19,21)(H2,17,18,20);1H. The van der Waals surface area contributed by atoms with Crippen LogP contribution in [0, 0.1) is 12.3 Å². The van der Waals surface area contributed by atoms with Gasteiger partial charge in [-0.1, -0.05) is 12.0 Å². The first-order valence-corrected chi connectivity index (χ1v) is 6.69. The van der Waals surface area contributed by atoms with E-state index in [1.807, 2.05) is 26.8 Å². The normalized spacial score (nSPS) is 11.0. The van der Waals surface area contributed by atoms with Crippen molar-refractivity contribution < 1.29 is 4.79 Å². The van der Waals surface area contributed by atoms with E-state index >= 15 is 0 Å². The van der Waals surface area contributed by atoms with Gasteiger partial charge in [0.1, 0.15) is 0 Å². The molecule has 0 unspecified atom stereocenters. The average Bonchev–Trinajstić information content (AvgIpc) is 2.42. The Kier molecular flexibility index (Phi) is 8.56. The Morgan fingerprint density at radius 3 is 2.59 bits per heavy atom. The van der Waals surface area contributed by atoms with Crippen molar-refractivity contribution in [1.82, 2.24) is 10.6 Å². The molecule has 0 heterocycles. The number of carbonyl (C=O) groups excluding carboxylic acids is 1. The number of benzene rings is 1. The minimum absolute atomic E-state index is 0. The highest BCUT2D eigenvalue weighted by Gasteiger charge is 2.12. The van der Waals surface area contributed by atoms with Crippen molar-refractivity contribution in [3.05, 3.63) is 29.8 Å². The van der Waals surface area contributed by atoms with Crippen LogP contribution in [0.4, 0.5) is 5.69 Å². The largest absolute Gasteiger partial charge is 0.352 e. The second-order valence-electron chi connectivity index (χ2n) is 5.57. The Morgan fingerprint density at radius 2 is 2.05 bits per heavy atom. The van der Waals surface area contributed by atoms with Crippen LogP contribution in [0.15, 0.2) is 29.3 Å². The van der Waals surface area contributed by atoms with E-state index in [0.29, 0.717) is 11.6 Å². The van der Waals surface area contributed by atoms with Gasteiger partial charge in [-0.25, -0.2) is 0 Å². The van der Waals surface area contributed by atoms with Gasteiger partial charge in [-0.2, -0.15) is 0 Å². The van der Waals surface area contributed by atoms with Gasteiger partial charge in [-0.3, -0.25) is 9.79 Å². The van der Waals surface area contributed by atoms with E-state index in [0.717, 1.165) is 5.56 Å². The van der Waals surface area contributed by atoms with Gasteiger partial charge in [0.25, 0.3) is 0 Å². The molecule has 120 valence electrons. The minimum atomic E-state index is -0.166. The highest BCUT2D eigenvalue weighted by Crippen LogP contribution is 2.09. The Balaban J connectivity index is 0.00000441. The maximum atomic E-state index is 11.9. The second kappa shape index (κ2) is 9.30. The molecule has 0 saturated heterocycles. The van der Waals surface area contributed by atoms with Gasteiger partial charge < -0.3 is 16.0 Å². The molecule has 1 amide bonds. The lowest BCUT2D eigenvalue weighted by atomic mass is 10.1. The summed E-state index contributed by atoms with van der Waals surface area (Å²) < 4.78 is 0. The molecular formula is C16H23IN4O. The summed E-state index contributed by atoms with van der Waals surface area (Å²) in [5.74, 6) is 2.94. The van der Waals surface area contributed by atoms with Gasteiger partial charge in [0.05, 0.1) is 6.54 Å². The van der Waals surface area contributed by atoms with Crippen molar-refractivity contribution in [3.8, 4) is 12.3 Å². The van der Waals surface area contributed by atoms with Gasteiger partial charge in [0.2, 0.25) is 5.91 Å². The van der Waals surface area contributed by atoms with Gasteiger partial charge in [-0.05, 0) is 39.0 Å². The lowest BCUT2D eigenvalue weighted by Gasteiger charge is -2.23. The molecule has 1 rings (SSSR count). The average molecular weight is 414 g/mol. The zero-order valence-electron chi connectivity index (χ0n) is 13.4. The molecule has 5 nitrogen and oxygen atoms in total. The topological polar surface area (TPSA) is 65.5 Å². The minimum Gasteiger partial charge on any atom is -0.352 e. The van der Waals surface area contributed by atoms with Crippen molar-refractivity contribution in [2.24, 2.45) is 4.99 Å². The van der Waals surface area contributed by atoms with Crippen LogP contribution < -0.4 is 16.0 Å². The van der Waals surface area contributed by atoms with E-state index in [1.54, 1.807) is 25.2 Å². The number of terminal acetylenes is 1. The monoisotopic (exact) mass is 414 g/mol. The third-order valence-corrected chi connectivity index (χ3v) is 2.45.